The van der Waals surface area contributed by atoms with E-state index in [-0.39, 0.29) is 11.7 Å². The van der Waals surface area contributed by atoms with Crippen molar-refractivity contribution in [2.24, 2.45) is 4.99 Å². The van der Waals surface area contributed by atoms with Gasteiger partial charge in [-0.05, 0) is 48.9 Å². The minimum absolute atomic E-state index is 0.364. The van der Waals surface area contributed by atoms with Gasteiger partial charge in [-0.2, -0.15) is 4.99 Å². The quantitative estimate of drug-likeness (QED) is 0.727. The molecule has 3 aromatic rings. The number of amides is 1. The summed E-state index contributed by atoms with van der Waals surface area (Å²) in [5.41, 5.74) is 2.54. The van der Waals surface area contributed by atoms with Crippen LogP contribution in [0.15, 0.2) is 47.5 Å². The number of aryl methyl sites for hydroxylation is 1. The van der Waals surface area contributed by atoms with Gasteiger partial charge >= 0.3 is 0 Å². The number of ether oxygens (including phenoxy) is 1. The van der Waals surface area contributed by atoms with Gasteiger partial charge in [0.2, 0.25) is 0 Å². The summed E-state index contributed by atoms with van der Waals surface area (Å²) in [7, 11) is 1.64. The summed E-state index contributed by atoms with van der Waals surface area (Å²) < 4.78 is 21.2. The van der Waals surface area contributed by atoms with Crippen LogP contribution in [0.5, 0.6) is 0 Å². The maximum atomic E-state index is 13.0. The second kappa shape index (κ2) is 7.07. The summed E-state index contributed by atoms with van der Waals surface area (Å²) in [4.78, 5) is 17.2. The standard InChI is InChI=1S/C18H17FN2O2S/c1-12-3-8-15-16(11-12)24-18(21(15)9-10-23-2)20-17(22)13-4-6-14(19)7-5-13/h3-8,11H,9-10H2,1-2H3. The Morgan fingerprint density at radius 3 is 2.71 bits per heavy atom. The molecule has 0 saturated heterocycles. The Hall–Kier alpha value is -2.31. The van der Waals surface area contributed by atoms with Crippen molar-refractivity contribution in [1.82, 2.24) is 4.57 Å². The van der Waals surface area contributed by atoms with Crippen LogP contribution in [-0.4, -0.2) is 24.2 Å². The van der Waals surface area contributed by atoms with Gasteiger partial charge in [-0.1, -0.05) is 17.4 Å². The van der Waals surface area contributed by atoms with Crippen LogP contribution in [0.3, 0.4) is 0 Å². The zero-order chi connectivity index (χ0) is 17.1. The summed E-state index contributed by atoms with van der Waals surface area (Å²) in [6.07, 6.45) is 0. The van der Waals surface area contributed by atoms with E-state index in [2.05, 4.69) is 11.1 Å². The number of thiazole rings is 1. The highest BCUT2D eigenvalue weighted by molar-refractivity contribution is 7.16. The highest BCUT2D eigenvalue weighted by atomic mass is 32.1. The van der Waals surface area contributed by atoms with Gasteiger partial charge in [0.1, 0.15) is 5.82 Å². The molecule has 6 heteroatoms. The molecule has 1 amide bonds. The Bertz CT molecular complexity index is 942. The second-order valence-electron chi connectivity index (χ2n) is 5.42. The maximum Gasteiger partial charge on any atom is 0.279 e. The lowest BCUT2D eigenvalue weighted by Crippen LogP contribution is -2.19. The van der Waals surface area contributed by atoms with Crippen LogP contribution in [-0.2, 0) is 11.3 Å². The van der Waals surface area contributed by atoms with Crippen molar-refractivity contribution in [3.05, 3.63) is 64.2 Å². The number of carbonyl (C=O) groups is 1. The average Bonchev–Trinajstić information content (AvgIpc) is 2.89. The minimum Gasteiger partial charge on any atom is -0.383 e. The van der Waals surface area contributed by atoms with Crippen LogP contribution in [0.1, 0.15) is 15.9 Å². The summed E-state index contributed by atoms with van der Waals surface area (Å²) in [6.45, 7) is 3.16. The van der Waals surface area contributed by atoms with E-state index >= 15 is 0 Å². The van der Waals surface area contributed by atoms with Crippen molar-refractivity contribution in [2.75, 3.05) is 13.7 Å². The molecule has 0 aliphatic heterocycles. The third-order valence-electron chi connectivity index (χ3n) is 3.65. The Kier molecular flexibility index (Phi) is 4.87. The maximum absolute atomic E-state index is 13.0. The Labute approximate surface area is 142 Å². The fraction of sp³-hybridized carbons (Fsp3) is 0.222. The first-order valence-electron chi connectivity index (χ1n) is 7.52. The molecular formula is C18H17FN2O2S. The molecule has 0 saturated carbocycles. The Balaban J connectivity index is 2.09. The van der Waals surface area contributed by atoms with E-state index in [0.29, 0.717) is 23.5 Å². The molecule has 0 unspecified atom stereocenters. The van der Waals surface area contributed by atoms with Crippen LogP contribution in [0.4, 0.5) is 4.39 Å². The van der Waals surface area contributed by atoms with Gasteiger partial charge < -0.3 is 9.30 Å². The SMILES string of the molecule is COCCn1c(=NC(=O)c2ccc(F)cc2)sc2cc(C)ccc21. The molecule has 0 aliphatic carbocycles. The van der Waals surface area contributed by atoms with Gasteiger partial charge in [0.25, 0.3) is 5.91 Å². The van der Waals surface area contributed by atoms with Crippen LogP contribution in [0.25, 0.3) is 10.2 Å². The van der Waals surface area contributed by atoms with Crippen LogP contribution < -0.4 is 4.80 Å². The smallest absolute Gasteiger partial charge is 0.279 e. The molecular weight excluding hydrogens is 327 g/mol. The first-order chi connectivity index (χ1) is 11.6. The summed E-state index contributed by atoms with van der Waals surface area (Å²) in [5, 5.41) is 0. The van der Waals surface area contributed by atoms with Crippen molar-refractivity contribution < 1.29 is 13.9 Å². The van der Waals surface area contributed by atoms with Crippen LogP contribution in [0.2, 0.25) is 0 Å². The third kappa shape index (κ3) is 3.44. The van der Waals surface area contributed by atoms with Gasteiger partial charge in [0.05, 0.1) is 16.8 Å². The predicted octanol–water partition coefficient (Wildman–Crippen LogP) is 3.54. The predicted molar refractivity (Wildman–Crippen MR) is 92.7 cm³/mol. The summed E-state index contributed by atoms with van der Waals surface area (Å²) in [6, 6.07) is 11.5. The lowest BCUT2D eigenvalue weighted by Gasteiger charge is -2.04. The van der Waals surface area contributed by atoms with Crippen molar-refractivity contribution in [3.8, 4) is 0 Å². The fourth-order valence-corrected chi connectivity index (χ4v) is 3.56. The molecule has 1 aromatic heterocycles. The monoisotopic (exact) mass is 344 g/mol. The molecule has 0 N–H and O–H groups in total. The van der Waals surface area contributed by atoms with Gasteiger partial charge in [-0.25, -0.2) is 4.39 Å². The van der Waals surface area contributed by atoms with Crippen molar-refractivity contribution in [1.29, 1.82) is 0 Å². The van der Waals surface area contributed by atoms with E-state index in [9.17, 15) is 9.18 Å². The van der Waals surface area contributed by atoms with E-state index in [0.717, 1.165) is 15.8 Å². The molecule has 3 rings (SSSR count). The van der Waals surface area contributed by atoms with Crippen molar-refractivity contribution in [3.63, 3.8) is 0 Å². The molecule has 2 aromatic carbocycles. The molecule has 0 bridgehead atoms. The first-order valence-corrected chi connectivity index (χ1v) is 8.33. The molecule has 4 nitrogen and oxygen atoms in total. The first kappa shape index (κ1) is 16.5. The summed E-state index contributed by atoms with van der Waals surface area (Å²) in [5.74, 6) is -0.761. The van der Waals surface area contributed by atoms with Gasteiger partial charge in [0, 0.05) is 19.2 Å². The number of hydrogen-bond acceptors (Lipinski definition) is 3. The van der Waals surface area contributed by atoms with E-state index in [1.165, 1.54) is 35.6 Å². The van der Waals surface area contributed by atoms with Crippen molar-refractivity contribution in [2.45, 2.75) is 13.5 Å². The summed E-state index contributed by atoms with van der Waals surface area (Å²) >= 11 is 1.46. The number of halogens is 1. The number of aromatic nitrogens is 1. The lowest BCUT2D eigenvalue weighted by atomic mass is 10.2. The van der Waals surface area contributed by atoms with Gasteiger partial charge in [-0.15, -0.1) is 0 Å². The number of fused-ring (bicyclic) bond motifs is 1. The molecule has 24 heavy (non-hydrogen) atoms. The van der Waals surface area contributed by atoms with E-state index < -0.39 is 0 Å². The number of nitrogens with zero attached hydrogens (tertiary/aromatic N) is 2. The molecule has 1 heterocycles. The van der Waals surface area contributed by atoms with Crippen LogP contribution in [0, 0.1) is 12.7 Å². The second-order valence-corrected chi connectivity index (χ2v) is 6.43. The highest BCUT2D eigenvalue weighted by Crippen LogP contribution is 2.19. The van der Waals surface area contributed by atoms with Gasteiger partial charge in [0.15, 0.2) is 4.80 Å². The molecule has 0 fully saturated rings. The number of rotatable bonds is 4. The number of methoxy groups -OCH3 is 1. The van der Waals surface area contributed by atoms with Crippen LogP contribution >= 0.6 is 11.3 Å². The average molecular weight is 344 g/mol. The third-order valence-corrected chi connectivity index (χ3v) is 4.69. The molecule has 0 aliphatic rings. The highest BCUT2D eigenvalue weighted by Gasteiger charge is 2.09. The zero-order valence-electron chi connectivity index (χ0n) is 13.5. The van der Waals surface area contributed by atoms with Gasteiger partial charge in [-0.3, -0.25) is 4.79 Å². The van der Waals surface area contributed by atoms with E-state index in [4.69, 9.17) is 4.74 Å². The normalized spacial score (nSPS) is 12.0. The molecule has 0 atom stereocenters. The van der Waals surface area contributed by atoms with E-state index in [1.807, 2.05) is 23.6 Å². The molecule has 124 valence electrons. The Morgan fingerprint density at radius 1 is 1.25 bits per heavy atom. The largest absolute Gasteiger partial charge is 0.383 e. The number of carbonyl (C=O) groups excluding carboxylic acids is 1. The number of benzene rings is 2. The molecule has 0 spiro atoms. The topological polar surface area (TPSA) is 43.6 Å². The van der Waals surface area contributed by atoms with Crippen molar-refractivity contribution >= 4 is 27.5 Å². The minimum atomic E-state index is -0.385. The molecule has 0 radical (unpaired) electrons. The lowest BCUT2D eigenvalue weighted by molar-refractivity contribution is 0.0997. The van der Waals surface area contributed by atoms with E-state index in [1.54, 1.807) is 7.11 Å². The Morgan fingerprint density at radius 2 is 2.00 bits per heavy atom. The number of hydrogen-bond donors (Lipinski definition) is 0. The fourth-order valence-electron chi connectivity index (χ4n) is 2.41. The zero-order valence-corrected chi connectivity index (χ0v) is 14.3.